The zero-order chi connectivity index (χ0) is 15.5. The third-order valence-electron chi connectivity index (χ3n) is 2.39. The Kier molecular flexibility index (Phi) is 4.15. The minimum atomic E-state index is -4.39. The van der Waals surface area contributed by atoms with Crippen molar-refractivity contribution in [2.45, 2.75) is 12.0 Å². The van der Waals surface area contributed by atoms with Crippen LogP contribution in [0.5, 0.6) is 0 Å². The number of aryl methyl sites for hydroxylation is 1. The number of pyridine rings is 1. The first-order valence-electron chi connectivity index (χ1n) is 5.69. The molecule has 0 aromatic carbocycles. The Morgan fingerprint density at radius 3 is 2.71 bits per heavy atom. The molecule has 2 heterocycles. The van der Waals surface area contributed by atoms with Crippen LogP contribution >= 0.6 is 0 Å². The molecule has 0 aliphatic rings. The van der Waals surface area contributed by atoms with E-state index in [0.717, 1.165) is 18.0 Å². The summed E-state index contributed by atoms with van der Waals surface area (Å²) < 4.78 is 35.1. The molecule has 0 spiro atoms. The zero-order valence-corrected chi connectivity index (χ0v) is 11.7. The molecule has 0 saturated carbocycles. The quantitative estimate of drug-likeness (QED) is 0.493. The number of nitrogens with one attached hydrogen (secondary N) is 1. The van der Waals surface area contributed by atoms with Crippen molar-refractivity contribution in [3.05, 3.63) is 47.5 Å². The van der Waals surface area contributed by atoms with Gasteiger partial charge in [0, 0.05) is 11.9 Å². The lowest BCUT2D eigenvalue weighted by Crippen LogP contribution is -2.17. The van der Waals surface area contributed by atoms with E-state index in [2.05, 4.69) is 15.5 Å². The van der Waals surface area contributed by atoms with Crippen molar-refractivity contribution in [3.8, 4) is 0 Å². The lowest BCUT2D eigenvalue weighted by Gasteiger charge is -1.98. The number of hydrogen-bond donors (Lipinski definition) is 2. The Balaban J connectivity index is 2.01. The summed E-state index contributed by atoms with van der Waals surface area (Å²) in [4.78, 5) is 15.7. The van der Waals surface area contributed by atoms with E-state index in [9.17, 15) is 13.2 Å². The van der Waals surface area contributed by atoms with Gasteiger partial charge in [-0.1, -0.05) is 0 Å². The van der Waals surface area contributed by atoms with Gasteiger partial charge >= 0.3 is 10.1 Å². The molecule has 0 aliphatic carbocycles. The third-order valence-corrected chi connectivity index (χ3v) is 3.12. The van der Waals surface area contributed by atoms with Crippen LogP contribution in [0.3, 0.4) is 0 Å². The molecule has 8 nitrogen and oxygen atoms in total. The van der Waals surface area contributed by atoms with Crippen molar-refractivity contribution in [2.75, 3.05) is 0 Å². The molecule has 0 fully saturated rings. The number of hydrogen-bond acceptors (Lipinski definition) is 6. The van der Waals surface area contributed by atoms with Crippen molar-refractivity contribution in [3.63, 3.8) is 0 Å². The lowest BCUT2D eigenvalue weighted by atomic mass is 10.2. The van der Waals surface area contributed by atoms with E-state index < -0.39 is 21.1 Å². The van der Waals surface area contributed by atoms with Crippen molar-refractivity contribution < 1.29 is 22.2 Å². The fourth-order valence-electron chi connectivity index (χ4n) is 1.36. The van der Waals surface area contributed by atoms with E-state index >= 15 is 0 Å². The average Bonchev–Trinajstić information content (AvgIpc) is 2.88. The predicted octanol–water partition coefficient (Wildman–Crippen LogP) is 0.994. The standard InChI is InChI=1S/C12H11N3O5S/c1-8-2-3-9(6-13-8)12(16)15-14-7-10-4-5-11(20-10)21(17,18)19/h2-7H,1H3,(H,15,16)(H,17,18,19)/b14-7+. The molecular formula is C12H11N3O5S. The van der Waals surface area contributed by atoms with Crippen LogP contribution < -0.4 is 5.43 Å². The second-order valence-electron chi connectivity index (χ2n) is 4.02. The zero-order valence-electron chi connectivity index (χ0n) is 10.8. The maximum Gasteiger partial charge on any atom is 0.328 e. The third kappa shape index (κ3) is 3.97. The minimum absolute atomic E-state index is 0.0601. The smallest absolute Gasteiger partial charge is 0.328 e. The largest absolute Gasteiger partial charge is 0.441 e. The van der Waals surface area contributed by atoms with Gasteiger partial charge in [0.15, 0.2) is 0 Å². The summed E-state index contributed by atoms with van der Waals surface area (Å²) in [6.45, 7) is 1.80. The maximum atomic E-state index is 11.7. The second-order valence-corrected chi connectivity index (χ2v) is 5.37. The number of hydrazone groups is 1. The van der Waals surface area contributed by atoms with Gasteiger partial charge in [0.05, 0.1) is 11.8 Å². The number of rotatable bonds is 4. The van der Waals surface area contributed by atoms with Crippen LogP contribution in [-0.4, -0.2) is 30.1 Å². The van der Waals surface area contributed by atoms with Crippen molar-refractivity contribution >= 4 is 22.2 Å². The highest BCUT2D eigenvalue weighted by molar-refractivity contribution is 7.85. The van der Waals surface area contributed by atoms with Crippen LogP contribution in [0.1, 0.15) is 21.8 Å². The van der Waals surface area contributed by atoms with Crippen LogP contribution in [0.25, 0.3) is 0 Å². The SMILES string of the molecule is Cc1ccc(C(=O)N/N=C/c2ccc(S(=O)(=O)O)o2)cn1. The van der Waals surface area contributed by atoms with Gasteiger partial charge in [-0.25, -0.2) is 5.43 Å². The fourth-order valence-corrected chi connectivity index (χ4v) is 1.81. The highest BCUT2D eigenvalue weighted by atomic mass is 32.2. The molecule has 0 aliphatic heterocycles. The van der Waals surface area contributed by atoms with E-state index in [1.165, 1.54) is 12.3 Å². The van der Waals surface area contributed by atoms with Gasteiger partial charge in [-0.3, -0.25) is 14.3 Å². The Morgan fingerprint density at radius 2 is 2.14 bits per heavy atom. The molecule has 0 saturated heterocycles. The summed E-state index contributed by atoms with van der Waals surface area (Å²) >= 11 is 0. The molecule has 0 atom stereocenters. The van der Waals surface area contributed by atoms with Crippen molar-refractivity contribution in [2.24, 2.45) is 5.10 Å². The van der Waals surface area contributed by atoms with Gasteiger partial charge in [0.1, 0.15) is 5.76 Å². The Labute approximate surface area is 120 Å². The van der Waals surface area contributed by atoms with Crippen LogP contribution in [0.15, 0.2) is 45.1 Å². The van der Waals surface area contributed by atoms with E-state index in [-0.39, 0.29) is 5.76 Å². The van der Waals surface area contributed by atoms with E-state index in [1.54, 1.807) is 19.1 Å². The second kappa shape index (κ2) is 5.85. The number of amides is 1. The summed E-state index contributed by atoms with van der Waals surface area (Å²) in [5.41, 5.74) is 3.34. The molecule has 2 N–H and O–H groups in total. The highest BCUT2D eigenvalue weighted by Crippen LogP contribution is 2.11. The average molecular weight is 309 g/mol. The van der Waals surface area contributed by atoms with Crippen LogP contribution in [0.2, 0.25) is 0 Å². The summed E-state index contributed by atoms with van der Waals surface area (Å²) in [5.74, 6) is -0.412. The molecule has 0 radical (unpaired) electrons. The first-order chi connectivity index (χ1) is 9.86. The molecule has 9 heteroatoms. The van der Waals surface area contributed by atoms with E-state index in [1.807, 2.05) is 0 Å². The number of aromatic nitrogens is 1. The number of nitrogens with zero attached hydrogens (tertiary/aromatic N) is 2. The lowest BCUT2D eigenvalue weighted by molar-refractivity contribution is 0.0954. The Bertz CT molecular complexity index is 777. The Morgan fingerprint density at radius 1 is 1.38 bits per heavy atom. The van der Waals surface area contributed by atoms with Gasteiger partial charge in [-0.15, -0.1) is 0 Å². The molecule has 1 amide bonds. The predicted molar refractivity (Wildman–Crippen MR) is 72.6 cm³/mol. The minimum Gasteiger partial charge on any atom is -0.441 e. The Hall–Kier alpha value is -2.52. The van der Waals surface area contributed by atoms with Crippen molar-refractivity contribution in [1.82, 2.24) is 10.4 Å². The van der Waals surface area contributed by atoms with E-state index in [4.69, 9.17) is 8.97 Å². The molecule has 2 rings (SSSR count). The monoisotopic (exact) mass is 309 g/mol. The van der Waals surface area contributed by atoms with Crippen molar-refractivity contribution in [1.29, 1.82) is 0 Å². The van der Waals surface area contributed by atoms with Crippen LogP contribution in [0.4, 0.5) is 0 Å². The fraction of sp³-hybridized carbons (Fsp3) is 0.0833. The molecular weight excluding hydrogens is 298 g/mol. The maximum absolute atomic E-state index is 11.7. The number of carbonyl (C=O) groups is 1. The van der Waals surface area contributed by atoms with Crippen LogP contribution in [-0.2, 0) is 10.1 Å². The molecule has 0 bridgehead atoms. The normalized spacial score (nSPS) is 11.7. The van der Waals surface area contributed by atoms with Gasteiger partial charge in [0.25, 0.3) is 5.91 Å². The van der Waals surface area contributed by atoms with E-state index in [0.29, 0.717) is 5.56 Å². The molecule has 21 heavy (non-hydrogen) atoms. The van der Waals surface area contributed by atoms with Gasteiger partial charge < -0.3 is 4.42 Å². The van der Waals surface area contributed by atoms with Crippen LogP contribution in [0, 0.1) is 6.92 Å². The number of furan rings is 1. The first-order valence-corrected chi connectivity index (χ1v) is 7.13. The molecule has 2 aromatic heterocycles. The number of carbonyl (C=O) groups excluding carboxylic acids is 1. The molecule has 2 aromatic rings. The summed E-state index contributed by atoms with van der Waals surface area (Å²) in [5, 5.41) is 3.01. The summed E-state index contributed by atoms with van der Waals surface area (Å²) in [6.07, 6.45) is 2.51. The first kappa shape index (κ1) is 14.9. The molecule has 0 unspecified atom stereocenters. The summed E-state index contributed by atoms with van der Waals surface area (Å²) in [6, 6.07) is 5.63. The van der Waals surface area contributed by atoms with Gasteiger partial charge in [-0.2, -0.15) is 13.5 Å². The van der Waals surface area contributed by atoms with Gasteiger partial charge in [-0.05, 0) is 31.2 Å². The van der Waals surface area contributed by atoms with Gasteiger partial charge in [0.2, 0.25) is 5.09 Å². The highest BCUT2D eigenvalue weighted by Gasteiger charge is 2.14. The topological polar surface area (TPSA) is 122 Å². The molecule has 110 valence electrons. The summed E-state index contributed by atoms with van der Waals surface area (Å²) in [7, 11) is -4.39.